The zero-order chi connectivity index (χ0) is 21.1. The van der Waals surface area contributed by atoms with Gasteiger partial charge in [-0.1, -0.05) is 24.3 Å². The molecule has 4 rings (SSSR count). The van der Waals surface area contributed by atoms with Crippen LogP contribution in [0, 0.1) is 12.7 Å². The van der Waals surface area contributed by atoms with Crippen LogP contribution in [-0.4, -0.2) is 15.9 Å². The van der Waals surface area contributed by atoms with Gasteiger partial charge in [-0.2, -0.15) is 0 Å². The van der Waals surface area contributed by atoms with E-state index in [0.29, 0.717) is 23.6 Å². The third kappa shape index (κ3) is 4.39. The number of aromatic nitrogens is 2. The Hall–Kier alpha value is -3.51. The summed E-state index contributed by atoms with van der Waals surface area (Å²) in [4.78, 5) is 20.8. The molecular weight excluding hydrogens is 403 g/mol. The first kappa shape index (κ1) is 19.8. The molecule has 0 radical (unpaired) electrons. The minimum atomic E-state index is -0.378. The fraction of sp³-hybridized carbons (Fsp3) is 0.0870. The van der Waals surface area contributed by atoms with Crippen molar-refractivity contribution in [2.75, 3.05) is 10.6 Å². The highest BCUT2D eigenvalue weighted by Gasteiger charge is 2.09. The molecule has 0 aliphatic rings. The van der Waals surface area contributed by atoms with Gasteiger partial charge in [0.25, 0.3) is 5.91 Å². The number of anilines is 2. The van der Waals surface area contributed by atoms with Crippen molar-refractivity contribution in [1.82, 2.24) is 9.97 Å². The average Bonchev–Trinajstić information content (AvgIpc) is 2.73. The highest BCUT2D eigenvalue weighted by atomic mass is 35.5. The number of hydrogen-bond acceptors (Lipinski definition) is 4. The first-order valence-electron chi connectivity index (χ1n) is 9.32. The van der Waals surface area contributed by atoms with Crippen LogP contribution < -0.4 is 10.6 Å². The molecule has 1 amide bonds. The van der Waals surface area contributed by atoms with Crippen LogP contribution in [0.3, 0.4) is 0 Å². The summed E-state index contributed by atoms with van der Waals surface area (Å²) in [5.41, 5.74) is 3.90. The molecule has 0 fully saturated rings. The zero-order valence-electron chi connectivity index (χ0n) is 16.1. The largest absolute Gasteiger partial charge is 0.365 e. The van der Waals surface area contributed by atoms with Crippen LogP contribution in [0.1, 0.15) is 21.5 Å². The Morgan fingerprint density at radius 2 is 1.73 bits per heavy atom. The van der Waals surface area contributed by atoms with Gasteiger partial charge in [0.05, 0.1) is 5.52 Å². The van der Waals surface area contributed by atoms with E-state index in [0.717, 1.165) is 22.0 Å². The third-order valence-corrected chi connectivity index (χ3v) is 4.85. The van der Waals surface area contributed by atoms with Crippen molar-refractivity contribution < 1.29 is 9.18 Å². The van der Waals surface area contributed by atoms with Crippen molar-refractivity contribution in [1.29, 1.82) is 0 Å². The van der Waals surface area contributed by atoms with E-state index in [1.807, 2.05) is 49.4 Å². The van der Waals surface area contributed by atoms with E-state index >= 15 is 0 Å². The van der Waals surface area contributed by atoms with Crippen LogP contribution in [0.5, 0.6) is 0 Å². The maximum atomic E-state index is 13.0. The Bertz CT molecular complexity index is 1210. The van der Waals surface area contributed by atoms with Gasteiger partial charge >= 0.3 is 0 Å². The molecule has 0 aliphatic heterocycles. The Balaban J connectivity index is 1.45. The van der Waals surface area contributed by atoms with E-state index in [4.69, 9.17) is 11.6 Å². The van der Waals surface area contributed by atoms with Gasteiger partial charge in [0.1, 0.15) is 11.6 Å². The maximum Gasteiger partial charge on any atom is 0.255 e. The molecule has 7 heteroatoms. The summed E-state index contributed by atoms with van der Waals surface area (Å²) < 4.78 is 13.0. The highest BCUT2D eigenvalue weighted by molar-refractivity contribution is 6.28. The zero-order valence-corrected chi connectivity index (χ0v) is 16.9. The second-order valence-electron chi connectivity index (χ2n) is 6.82. The molecule has 2 N–H and O–H groups in total. The van der Waals surface area contributed by atoms with Crippen LogP contribution >= 0.6 is 11.6 Å². The molecule has 1 aromatic heterocycles. The molecular formula is C23H18ClFN4O. The Kier molecular flexibility index (Phi) is 5.59. The number of halogens is 2. The van der Waals surface area contributed by atoms with Crippen molar-refractivity contribution in [3.63, 3.8) is 0 Å². The number of carbonyl (C=O) groups excluding carboxylic acids is 1. The number of hydrogen-bond donors (Lipinski definition) is 2. The SMILES string of the molecule is Cc1cccc2nc(Cl)nc(NCc3ccc(NC(=O)c4ccc(F)cc4)cc3)c12. The topological polar surface area (TPSA) is 66.9 Å². The molecule has 150 valence electrons. The molecule has 0 unspecified atom stereocenters. The molecule has 5 nitrogen and oxygen atoms in total. The van der Waals surface area contributed by atoms with E-state index < -0.39 is 0 Å². The van der Waals surface area contributed by atoms with Gasteiger partial charge in [0, 0.05) is 23.2 Å². The second-order valence-corrected chi connectivity index (χ2v) is 7.16. The summed E-state index contributed by atoms with van der Waals surface area (Å²) >= 11 is 6.06. The minimum Gasteiger partial charge on any atom is -0.365 e. The summed E-state index contributed by atoms with van der Waals surface area (Å²) in [5, 5.41) is 7.24. The van der Waals surface area contributed by atoms with E-state index in [9.17, 15) is 9.18 Å². The number of carbonyl (C=O) groups is 1. The quantitative estimate of drug-likeness (QED) is 0.413. The van der Waals surface area contributed by atoms with E-state index in [1.165, 1.54) is 24.3 Å². The number of rotatable bonds is 5. The van der Waals surface area contributed by atoms with Crippen molar-refractivity contribution in [2.24, 2.45) is 0 Å². The number of nitrogens with zero attached hydrogens (tertiary/aromatic N) is 2. The Labute approximate surface area is 177 Å². The number of benzene rings is 3. The number of nitrogens with one attached hydrogen (secondary N) is 2. The number of fused-ring (bicyclic) bond motifs is 1. The average molecular weight is 421 g/mol. The van der Waals surface area contributed by atoms with Crippen LogP contribution in [-0.2, 0) is 6.54 Å². The van der Waals surface area contributed by atoms with E-state index in [1.54, 1.807) is 0 Å². The lowest BCUT2D eigenvalue weighted by Gasteiger charge is -2.11. The lowest BCUT2D eigenvalue weighted by Crippen LogP contribution is -2.12. The molecule has 0 bridgehead atoms. The third-order valence-electron chi connectivity index (χ3n) is 4.68. The lowest BCUT2D eigenvalue weighted by atomic mass is 10.1. The predicted octanol–water partition coefficient (Wildman–Crippen LogP) is 5.60. The molecule has 0 atom stereocenters. The number of aryl methyl sites for hydroxylation is 1. The van der Waals surface area contributed by atoms with Gasteiger partial charge in [-0.05, 0) is 72.1 Å². The Morgan fingerprint density at radius 3 is 2.47 bits per heavy atom. The first-order valence-corrected chi connectivity index (χ1v) is 9.70. The molecule has 0 aliphatic carbocycles. The van der Waals surface area contributed by atoms with E-state index in [2.05, 4.69) is 20.6 Å². The van der Waals surface area contributed by atoms with Crippen LogP contribution in [0.15, 0.2) is 66.7 Å². The van der Waals surface area contributed by atoms with E-state index in [-0.39, 0.29) is 17.0 Å². The molecule has 0 saturated carbocycles. The standard InChI is InChI=1S/C23H18ClFN4O/c1-14-3-2-4-19-20(14)21(29-23(24)28-19)26-13-15-5-11-18(12-6-15)27-22(30)16-7-9-17(25)10-8-16/h2-12H,13H2,1H3,(H,27,30)(H,26,28,29). The lowest BCUT2D eigenvalue weighted by molar-refractivity contribution is 0.102. The maximum absolute atomic E-state index is 13.0. The van der Waals surface area contributed by atoms with Gasteiger partial charge in [0.15, 0.2) is 0 Å². The van der Waals surface area contributed by atoms with Gasteiger partial charge in [-0.25, -0.2) is 14.4 Å². The summed E-state index contributed by atoms with van der Waals surface area (Å²) in [6.07, 6.45) is 0. The molecule has 30 heavy (non-hydrogen) atoms. The van der Waals surface area contributed by atoms with Crippen LogP contribution in [0.25, 0.3) is 10.9 Å². The second kappa shape index (κ2) is 8.47. The normalized spacial score (nSPS) is 10.8. The summed E-state index contributed by atoms with van der Waals surface area (Å²) in [6.45, 7) is 2.53. The number of amides is 1. The summed E-state index contributed by atoms with van der Waals surface area (Å²) in [7, 11) is 0. The van der Waals surface area contributed by atoms with Crippen molar-refractivity contribution >= 4 is 39.9 Å². The van der Waals surface area contributed by atoms with Crippen LogP contribution in [0.2, 0.25) is 5.28 Å². The smallest absolute Gasteiger partial charge is 0.255 e. The van der Waals surface area contributed by atoms with Gasteiger partial charge < -0.3 is 10.6 Å². The molecule has 4 aromatic rings. The fourth-order valence-corrected chi connectivity index (χ4v) is 3.33. The van der Waals surface area contributed by atoms with Crippen molar-refractivity contribution in [3.05, 3.63) is 94.5 Å². The summed E-state index contributed by atoms with van der Waals surface area (Å²) in [6, 6.07) is 18.7. The first-order chi connectivity index (χ1) is 14.5. The molecule has 0 saturated heterocycles. The Morgan fingerprint density at radius 1 is 1.00 bits per heavy atom. The van der Waals surface area contributed by atoms with Crippen molar-refractivity contribution in [3.8, 4) is 0 Å². The minimum absolute atomic E-state index is 0.189. The summed E-state index contributed by atoms with van der Waals surface area (Å²) in [5.74, 6) is 0.00610. The predicted molar refractivity (Wildman–Crippen MR) is 117 cm³/mol. The van der Waals surface area contributed by atoms with Crippen molar-refractivity contribution in [2.45, 2.75) is 13.5 Å². The fourth-order valence-electron chi connectivity index (χ4n) is 3.15. The van der Waals surface area contributed by atoms with Crippen LogP contribution in [0.4, 0.5) is 15.9 Å². The highest BCUT2D eigenvalue weighted by Crippen LogP contribution is 2.26. The van der Waals surface area contributed by atoms with Gasteiger partial charge in [-0.3, -0.25) is 4.79 Å². The molecule has 0 spiro atoms. The molecule has 3 aromatic carbocycles. The monoisotopic (exact) mass is 420 g/mol. The molecule has 1 heterocycles. The van der Waals surface area contributed by atoms with Gasteiger partial charge in [0.2, 0.25) is 5.28 Å². The van der Waals surface area contributed by atoms with Gasteiger partial charge in [-0.15, -0.1) is 0 Å².